The summed E-state index contributed by atoms with van der Waals surface area (Å²) in [6.07, 6.45) is 1.78. The van der Waals surface area contributed by atoms with Gasteiger partial charge < -0.3 is 10.6 Å². The Bertz CT molecular complexity index is 955. The zero-order valence-electron chi connectivity index (χ0n) is 14.9. The summed E-state index contributed by atoms with van der Waals surface area (Å²) in [5.74, 6) is -0.775. The average Bonchev–Trinajstić information content (AvgIpc) is 2.99. The van der Waals surface area contributed by atoms with Crippen LogP contribution in [-0.4, -0.2) is 42.8 Å². The second-order valence-corrected chi connectivity index (χ2v) is 8.90. The summed E-state index contributed by atoms with van der Waals surface area (Å²) in [5.41, 5.74) is 2.52. The predicted octanol–water partition coefficient (Wildman–Crippen LogP) is 1.24. The molecule has 0 saturated carbocycles. The number of nitrogens with one attached hydrogen (secondary N) is 2. The molecule has 0 bridgehead atoms. The van der Waals surface area contributed by atoms with E-state index in [1.54, 1.807) is 0 Å². The molecule has 2 N–H and O–H groups in total. The molecule has 1 atom stereocenters. The number of hydrogen-bond acceptors (Lipinski definition) is 5. The Balaban J connectivity index is 1.61. The summed E-state index contributed by atoms with van der Waals surface area (Å²) in [7, 11) is -3.08. The van der Waals surface area contributed by atoms with Crippen LogP contribution in [0.2, 0.25) is 0 Å². The zero-order chi connectivity index (χ0) is 19.4. The minimum absolute atomic E-state index is 0.0601. The Morgan fingerprint density at radius 2 is 1.89 bits per heavy atom. The zero-order valence-corrected chi connectivity index (χ0v) is 15.8. The maximum Gasteiger partial charge on any atom is 0.270 e. The molecular formula is C19H21N3O4S. The molecular weight excluding hydrogens is 366 g/mol. The van der Waals surface area contributed by atoms with Crippen LogP contribution < -0.4 is 10.6 Å². The Labute approximate surface area is 158 Å². The van der Waals surface area contributed by atoms with Gasteiger partial charge in [-0.3, -0.25) is 14.6 Å². The number of pyridine rings is 1. The summed E-state index contributed by atoms with van der Waals surface area (Å²) < 4.78 is 23.0. The number of carbonyl (C=O) groups excluding carboxylic acids is 2. The van der Waals surface area contributed by atoms with Crippen molar-refractivity contribution in [1.29, 1.82) is 0 Å². The quantitative estimate of drug-likeness (QED) is 0.803. The third kappa shape index (κ3) is 5.13. The summed E-state index contributed by atoms with van der Waals surface area (Å²) in [4.78, 5) is 28.6. The standard InChI is InChI=1S/C19H21N3O4S/c1-13-2-4-14(5-3-13)11-21-18(23)15-6-8-20-17(10-15)19(24)22-16-7-9-27(25,26)12-16/h2-6,8,10,16H,7,9,11-12H2,1H3,(H,21,23)(H,22,24). The van der Waals surface area contributed by atoms with E-state index in [0.717, 1.165) is 11.1 Å². The van der Waals surface area contributed by atoms with Crippen molar-refractivity contribution >= 4 is 21.7 Å². The van der Waals surface area contributed by atoms with Gasteiger partial charge in [-0.2, -0.15) is 0 Å². The molecule has 1 fully saturated rings. The Morgan fingerprint density at radius 3 is 2.56 bits per heavy atom. The molecule has 27 heavy (non-hydrogen) atoms. The first-order valence-corrected chi connectivity index (χ1v) is 10.5. The van der Waals surface area contributed by atoms with Gasteiger partial charge in [-0.1, -0.05) is 29.8 Å². The van der Waals surface area contributed by atoms with E-state index in [-0.39, 0.29) is 23.1 Å². The SMILES string of the molecule is Cc1ccc(CNC(=O)c2ccnc(C(=O)NC3CCS(=O)(=O)C3)c2)cc1. The van der Waals surface area contributed by atoms with E-state index in [2.05, 4.69) is 15.6 Å². The van der Waals surface area contributed by atoms with E-state index in [9.17, 15) is 18.0 Å². The first-order valence-electron chi connectivity index (χ1n) is 8.63. The van der Waals surface area contributed by atoms with Crippen molar-refractivity contribution in [2.75, 3.05) is 11.5 Å². The Hall–Kier alpha value is -2.74. The van der Waals surface area contributed by atoms with Gasteiger partial charge in [0.2, 0.25) is 0 Å². The summed E-state index contributed by atoms with van der Waals surface area (Å²) in [6, 6.07) is 10.3. The van der Waals surface area contributed by atoms with Gasteiger partial charge in [-0.25, -0.2) is 8.42 Å². The third-order valence-electron chi connectivity index (χ3n) is 4.40. The normalized spacial score (nSPS) is 18.0. The van der Waals surface area contributed by atoms with Gasteiger partial charge in [-0.15, -0.1) is 0 Å². The van der Waals surface area contributed by atoms with Crippen molar-refractivity contribution in [1.82, 2.24) is 15.6 Å². The lowest BCUT2D eigenvalue weighted by Crippen LogP contribution is -2.36. The molecule has 1 aliphatic rings. The molecule has 1 aromatic carbocycles. The lowest BCUT2D eigenvalue weighted by molar-refractivity contribution is 0.0936. The number of amides is 2. The molecule has 1 aliphatic heterocycles. The van der Waals surface area contributed by atoms with Crippen LogP contribution in [0.4, 0.5) is 0 Å². The molecule has 1 aromatic heterocycles. The molecule has 2 amide bonds. The highest BCUT2D eigenvalue weighted by Crippen LogP contribution is 2.12. The van der Waals surface area contributed by atoms with Crippen LogP contribution in [0.1, 0.15) is 38.4 Å². The fourth-order valence-electron chi connectivity index (χ4n) is 2.85. The van der Waals surface area contributed by atoms with Crippen LogP contribution in [-0.2, 0) is 16.4 Å². The van der Waals surface area contributed by atoms with Crippen LogP contribution in [0.25, 0.3) is 0 Å². The minimum atomic E-state index is -3.08. The second kappa shape index (κ2) is 7.87. The van der Waals surface area contributed by atoms with Gasteiger partial charge in [0.05, 0.1) is 11.5 Å². The highest BCUT2D eigenvalue weighted by atomic mass is 32.2. The van der Waals surface area contributed by atoms with E-state index in [1.165, 1.54) is 18.3 Å². The monoisotopic (exact) mass is 387 g/mol. The molecule has 1 unspecified atom stereocenters. The van der Waals surface area contributed by atoms with E-state index in [4.69, 9.17) is 0 Å². The van der Waals surface area contributed by atoms with Crippen molar-refractivity contribution < 1.29 is 18.0 Å². The lowest BCUT2D eigenvalue weighted by Gasteiger charge is -2.11. The van der Waals surface area contributed by atoms with E-state index in [1.807, 2.05) is 31.2 Å². The Kier molecular flexibility index (Phi) is 5.55. The van der Waals surface area contributed by atoms with E-state index in [0.29, 0.717) is 18.5 Å². The summed E-state index contributed by atoms with van der Waals surface area (Å²) in [6.45, 7) is 2.37. The molecule has 1 saturated heterocycles. The van der Waals surface area contributed by atoms with Gasteiger partial charge in [-0.05, 0) is 31.0 Å². The molecule has 0 radical (unpaired) electrons. The molecule has 8 heteroatoms. The number of sulfone groups is 1. The molecule has 3 rings (SSSR count). The summed E-state index contributed by atoms with van der Waals surface area (Å²) in [5, 5.41) is 5.47. The minimum Gasteiger partial charge on any atom is -0.348 e. The van der Waals surface area contributed by atoms with Gasteiger partial charge >= 0.3 is 0 Å². The molecule has 2 heterocycles. The van der Waals surface area contributed by atoms with Crippen molar-refractivity contribution in [2.45, 2.75) is 25.9 Å². The number of aryl methyl sites for hydroxylation is 1. The van der Waals surface area contributed by atoms with Crippen molar-refractivity contribution in [3.05, 3.63) is 65.0 Å². The van der Waals surface area contributed by atoms with Crippen LogP contribution in [0.15, 0.2) is 42.6 Å². The number of rotatable bonds is 5. The molecule has 2 aromatic rings. The molecule has 142 valence electrons. The molecule has 0 spiro atoms. The van der Waals surface area contributed by atoms with Gasteiger partial charge in [0.15, 0.2) is 9.84 Å². The highest BCUT2D eigenvalue weighted by Gasteiger charge is 2.29. The largest absolute Gasteiger partial charge is 0.348 e. The van der Waals surface area contributed by atoms with Crippen LogP contribution >= 0.6 is 0 Å². The smallest absolute Gasteiger partial charge is 0.270 e. The number of benzene rings is 1. The predicted molar refractivity (Wildman–Crippen MR) is 101 cm³/mol. The maximum atomic E-state index is 12.3. The third-order valence-corrected chi connectivity index (χ3v) is 6.16. The van der Waals surface area contributed by atoms with Crippen molar-refractivity contribution in [3.63, 3.8) is 0 Å². The van der Waals surface area contributed by atoms with Crippen LogP contribution in [0.3, 0.4) is 0 Å². The molecule has 7 nitrogen and oxygen atoms in total. The fourth-order valence-corrected chi connectivity index (χ4v) is 4.53. The van der Waals surface area contributed by atoms with Gasteiger partial charge in [0.1, 0.15) is 5.69 Å². The average molecular weight is 387 g/mol. The Morgan fingerprint density at radius 1 is 1.15 bits per heavy atom. The number of hydrogen-bond donors (Lipinski definition) is 2. The van der Waals surface area contributed by atoms with E-state index < -0.39 is 21.8 Å². The highest BCUT2D eigenvalue weighted by molar-refractivity contribution is 7.91. The topological polar surface area (TPSA) is 105 Å². The van der Waals surface area contributed by atoms with Crippen molar-refractivity contribution in [3.8, 4) is 0 Å². The first kappa shape index (κ1) is 19.0. The first-order chi connectivity index (χ1) is 12.8. The molecule has 0 aliphatic carbocycles. The van der Waals surface area contributed by atoms with Gasteiger partial charge in [0.25, 0.3) is 11.8 Å². The van der Waals surface area contributed by atoms with E-state index >= 15 is 0 Å². The number of carbonyl (C=O) groups is 2. The van der Waals surface area contributed by atoms with Crippen LogP contribution in [0.5, 0.6) is 0 Å². The lowest BCUT2D eigenvalue weighted by atomic mass is 10.1. The van der Waals surface area contributed by atoms with Crippen molar-refractivity contribution in [2.24, 2.45) is 0 Å². The van der Waals surface area contributed by atoms with Crippen LogP contribution in [0, 0.1) is 6.92 Å². The summed E-state index contributed by atoms with van der Waals surface area (Å²) >= 11 is 0. The second-order valence-electron chi connectivity index (χ2n) is 6.67. The van der Waals surface area contributed by atoms with Gasteiger partial charge in [0, 0.05) is 24.3 Å². The number of nitrogens with zero attached hydrogens (tertiary/aromatic N) is 1. The maximum absolute atomic E-state index is 12.3. The fraction of sp³-hybridized carbons (Fsp3) is 0.316. The number of aromatic nitrogens is 1.